The van der Waals surface area contributed by atoms with Crippen molar-refractivity contribution < 1.29 is 13.9 Å². The molecule has 0 fully saturated rings. The maximum Gasteiger partial charge on any atom is 0.195 e. The van der Waals surface area contributed by atoms with Gasteiger partial charge in [0.1, 0.15) is 17.1 Å². The average Bonchev–Trinajstić information content (AvgIpc) is 2.86. The fraction of sp³-hybridized carbons (Fsp3) is 0.188. The third-order valence-electron chi connectivity index (χ3n) is 3.17. The van der Waals surface area contributed by atoms with Crippen LogP contribution in [0.2, 0.25) is 0 Å². The van der Waals surface area contributed by atoms with Gasteiger partial charge in [0.15, 0.2) is 11.5 Å². The number of rotatable bonds is 4. The standard InChI is InChI=1S/C16H15FN2O2/c1-2-16-19-14-8-12(3-4-15(14)21-16)18-9-10-5-11(17)7-13(20)6-10/h3-8,18,20H,2,9H2,1H3. The number of benzene rings is 2. The Hall–Kier alpha value is -2.56. The molecule has 0 aliphatic rings. The SMILES string of the molecule is CCc1nc2cc(NCc3cc(O)cc(F)c3)ccc2o1. The Morgan fingerprint density at radius 3 is 2.86 bits per heavy atom. The predicted octanol–water partition coefficient (Wildman–Crippen LogP) is 3.85. The number of phenols is 1. The summed E-state index contributed by atoms with van der Waals surface area (Å²) in [4.78, 5) is 4.37. The number of halogens is 1. The van der Waals surface area contributed by atoms with E-state index in [4.69, 9.17) is 4.42 Å². The van der Waals surface area contributed by atoms with Crippen molar-refractivity contribution >= 4 is 16.8 Å². The first-order valence-corrected chi connectivity index (χ1v) is 6.76. The Morgan fingerprint density at radius 2 is 2.10 bits per heavy atom. The van der Waals surface area contributed by atoms with Crippen molar-refractivity contribution in [3.05, 3.63) is 53.7 Å². The van der Waals surface area contributed by atoms with E-state index in [2.05, 4.69) is 10.3 Å². The monoisotopic (exact) mass is 286 g/mol. The smallest absolute Gasteiger partial charge is 0.195 e. The van der Waals surface area contributed by atoms with Gasteiger partial charge in [-0.3, -0.25) is 0 Å². The van der Waals surface area contributed by atoms with Crippen molar-refractivity contribution in [2.45, 2.75) is 19.9 Å². The third-order valence-corrected chi connectivity index (χ3v) is 3.17. The van der Waals surface area contributed by atoms with Crippen LogP contribution < -0.4 is 5.32 Å². The van der Waals surface area contributed by atoms with Gasteiger partial charge >= 0.3 is 0 Å². The zero-order valence-corrected chi connectivity index (χ0v) is 11.6. The van der Waals surface area contributed by atoms with E-state index in [0.717, 1.165) is 29.3 Å². The molecule has 108 valence electrons. The van der Waals surface area contributed by atoms with Gasteiger partial charge in [0.05, 0.1) is 0 Å². The molecule has 0 aliphatic carbocycles. The molecule has 3 rings (SSSR count). The van der Waals surface area contributed by atoms with Crippen LogP contribution in [0.1, 0.15) is 18.4 Å². The van der Waals surface area contributed by atoms with Crippen LogP contribution in [0.4, 0.5) is 10.1 Å². The summed E-state index contributed by atoms with van der Waals surface area (Å²) in [6.45, 7) is 2.40. The molecule has 2 N–H and O–H groups in total. The van der Waals surface area contributed by atoms with E-state index >= 15 is 0 Å². The summed E-state index contributed by atoms with van der Waals surface area (Å²) in [5, 5.41) is 12.5. The van der Waals surface area contributed by atoms with Gasteiger partial charge in [-0.05, 0) is 35.9 Å². The van der Waals surface area contributed by atoms with Crippen LogP contribution in [-0.4, -0.2) is 10.1 Å². The summed E-state index contributed by atoms with van der Waals surface area (Å²) in [5.41, 5.74) is 3.07. The molecule has 1 heterocycles. The third kappa shape index (κ3) is 2.97. The molecule has 0 aliphatic heterocycles. The van der Waals surface area contributed by atoms with Crippen molar-refractivity contribution in [2.75, 3.05) is 5.32 Å². The number of nitrogens with zero attached hydrogens (tertiary/aromatic N) is 1. The molecule has 3 aromatic rings. The predicted molar refractivity (Wildman–Crippen MR) is 78.8 cm³/mol. The van der Waals surface area contributed by atoms with Crippen LogP contribution in [0.3, 0.4) is 0 Å². The van der Waals surface area contributed by atoms with Crippen LogP contribution in [0.25, 0.3) is 11.1 Å². The largest absolute Gasteiger partial charge is 0.508 e. The summed E-state index contributed by atoms with van der Waals surface area (Å²) in [7, 11) is 0. The molecule has 0 radical (unpaired) electrons. The number of hydrogen-bond donors (Lipinski definition) is 2. The van der Waals surface area contributed by atoms with Crippen LogP contribution in [0.15, 0.2) is 40.8 Å². The lowest BCUT2D eigenvalue weighted by atomic mass is 10.2. The van der Waals surface area contributed by atoms with Crippen molar-refractivity contribution in [3.63, 3.8) is 0 Å². The second-order valence-corrected chi connectivity index (χ2v) is 4.81. The number of aryl methyl sites for hydroxylation is 1. The molecule has 0 atom stereocenters. The summed E-state index contributed by atoms with van der Waals surface area (Å²) in [6.07, 6.45) is 0.750. The molecule has 0 unspecified atom stereocenters. The summed E-state index contributed by atoms with van der Waals surface area (Å²) >= 11 is 0. The van der Waals surface area contributed by atoms with E-state index in [9.17, 15) is 9.50 Å². The molecule has 0 saturated carbocycles. The number of aromatic hydroxyl groups is 1. The van der Waals surface area contributed by atoms with Gasteiger partial charge in [-0.15, -0.1) is 0 Å². The molecule has 0 bridgehead atoms. The van der Waals surface area contributed by atoms with Crippen LogP contribution in [-0.2, 0) is 13.0 Å². The van der Waals surface area contributed by atoms with Gasteiger partial charge < -0.3 is 14.8 Å². The van der Waals surface area contributed by atoms with Crippen molar-refractivity contribution in [3.8, 4) is 5.75 Å². The lowest BCUT2D eigenvalue weighted by molar-refractivity contribution is 0.468. The fourth-order valence-electron chi connectivity index (χ4n) is 2.18. The first-order valence-electron chi connectivity index (χ1n) is 6.76. The van der Waals surface area contributed by atoms with E-state index in [-0.39, 0.29) is 5.75 Å². The Bertz CT molecular complexity index is 763. The minimum atomic E-state index is -0.452. The van der Waals surface area contributed by atoms with Crippen LogP contribution in [0.5, 0.6) is 5.75 Å². The molecule has 5 heteroatoms. The van der Waals surface area contributed by atoms with Crippen molar-refractivity contribution in [2.24, 2.45) is 0 Å². The van der Waals surface area contributed by atoms with Gasteiger partial charge in [-0.1, -0.05) is 6.92 Å². The summed E-state index contributed by atoms with van der Waals surface area (Å²) in [5.74, 6) is 0.176. The normalized spacial score (nSPS) is 11.0. The molecular weight excluding hydrogens is 271 g/mol. The first-order chi connectivity index (χ1) is 10.1. The van der Waals surface area contributed by atoms with E-state index in [1.807, 2.05) is 25.1 Å². The maximum absolute atomic E-state index is 13.2. The highest BCUT2D eigenvalue weighted by molar-refractivity contribution is 5.77. The van der Waals surface area contributed by atoms with Gasteiger partial charge in [0.25, 0.3) is 0 Å². The number of anilines is 1. The number of aromatic nitrogens is 1. The van der Waals surface area contributed by atoms with Crippen molar-refractivity contribution in [1.29, 1.82) is 0 Å². The first kappa shape index (κ1) is 13.4. The minimum Gasteiger partial charge on any atom is -0.508 e. The highest BCUT2D eigenvalue weighted by Gasteiger charge is 2.05. The number of oxazole rings is 1. The number of phenolic OH excluding ortho intramolecular Hbond substituents is 1. The number of fused-ring (bicyclic) bond motifs is 1. The molecule has 0 spiro atoms. The fourth-order valence-corrected chi connectivity index (χ4v) is 2.18. The van der Waals surface area contributed by atoms with Gasteiger partial charge in [0, 0.05) is 24.7 Å². The highest BCUT2D eigenvalue weighted by Crippen LogP contribution is 2.21. The Morgan fingerprint density at radius 1 is 1.24 bits per heavy atom. The van der Waals surface area contributed by atoms with Gasteiger partial charge in [-0.25, -0.2) is 9.37 Å². The number of nitrogens with one attached hydrogen (secondary N) is 1. The second kappa shape index (κ2) is 5.44. The van der Waals surface area contributed by atoms with Crippen LogP contribution >= 0.6 is 0 Å². The quantitative estimate of drug-likeness (QED) is 0.765. The molecular formula is C16H15FN2O2. The Labute approximate surface area is 121 Å². The maximum atomic E-state index is 13.2. The molecule has 2 aromatic carbocycles. The Kier molecular flexibility index (Phi) is 3.48. The van der Waals surface area contributed by atoms with Gasteiger partial charge in [0.2, 0.25) is 0 Å². The average molecular weight is 286 g/mol. The highest BCUT2D eigenvalue weighted by atomic mass is 19.1. The van der Waals surface area contributed by atoms with E-state index in [0.29, 0.717) is 18.0 Å². The molecule has 1 aromatic heterocycles. The zero-order chi connectivity index (χ0) is 14.8. The molecule has 0 amide bonds. The van der Waals surface area contributed by atoms with E-state index in [1.54, 1.807) is 0 Å². The van der Waals surface area contributed by atoms with E-state index < -0.39 is 5.82 Å². The lowest BCUT2D eigenvalue weighted by Crippen LogP contribution is -1.99. The van der Waals surface area contributed by atoms with Crippen molar-refractivity contribution in [1.82, 2.24) is 4.98 Å². The second-order valence-electron chi connectivity index (χ2n) is 4.81. The van der Waals surface area contributed by atoms with Gasteiger partial charge in [-0.2, -0.15) is 0 Å². The molecule has 21 heavy (non-hydrogen) atoms. The van der Waals surface area contributed by atoms with Crippen LogP contribution in [0, 0.1) is 5.82 Å². The molecule has 0 saturated heterocycles. The van der Waals surface area contributed by atoms with E-state index in [1.165, 1.54) is 12.1 Å². The number of hydrogen-bond acceptors (Lipinski definition) is 4. The summed E-state index contributed by atoms with van der Waals surface area (Å²) in [6, 6.07) is 9.61. The minimum absolute atomic E-state index is 0.0775. The lowest BCUT2D eigenvalue weighted by Gasteiger charge is -2.07. The zero-order valence-electron chi connectivity index (χ0n) is 11.6. The Balaban J connectivity index is 1.78. The summed E-state index contributed by atoms with van der Waals surface area (Å²) < 4.78 is 18.7. The topological polar surface area (TPSA) is 58.3 Å². The molecule has 4 nitrogen and oxygen atoms in total.